The number of benzene rings is 1. The van der Waals surface area contributed by atoms with Crippen molar-refractivity contribution in [1.82, 2.24) is 10.2 Å². The lowest BCUT2D eigenvalue weighted by atomic mass is 10.2. The fraction of sp³-hybridized carbons (Fsp3) is 0.529. The summed E-state index contributed by atoms with van der Waals surface area (Å²) in [5, 5.41) is 5.87. The Balaban J connectivity index is 1.55. The van der Waals surface area contributed by atoms with Crippen LogP contribution in [-0.4, -0.2) is 36.0 Å². The van der Waals surface area contributed by atoms with Crippen molar-refractivity contribution in [2.75, 3.05) is 18.4 Å². The smallest absolute Gasteiger partial charge is 0.321 e. The van der Waals surface area contributed by atoms with Crippen LogP contribution < -0.4 is 10.6 Å². The first-order chi connectivity index (χ1) is 10.7. The van der Waals surface area contributed by atoms with Crippen molar-refractivity contribution < 1.29 is 9.59 Å². The van der Waals surface area contributed by atoms with Crippen LogP contribution in [0.5, 0.6) is 0 Å². The fourth-order valence-corrected chi connectivity index (χ4v) is 2.68. The van der Waals surface area contributed by atoms with E-state index in [0.717, 1.165) is 44.5 Å². The molecule has 0 radical (unpaired) electrons. The fourth-order valence-electron chi connectivity index (χ4n) is 2.68. The molecule has 118 valence electrons. The highest BCUT2D eigenvalue weighted by atomic mass is 16.2. The molecule has 1 aromatic carbocycles. The number of carbonyl (C=O) groups is 2. The van der Waals surface area contributed by atoms with Gasteiger partial charge >= 0.3 is 6.03 Å². The summed E-state index contributed by atoms with van der Waals surface area (Å²) in [7, 11) is 0. The Kier molecular flexibility index (Phi) is 4.61. The van der Waals surface area contributed by atoms with E-state index in [4.69, 9.17) is 0 Å². The molecule has 3 amide bonds. The van der Waals surface area contributed by atoms with E-state index in [1.807, 2.05) is 4.90 Å². The van der Waals surface area contributed by atoms with Crippen molar-refractivity contribution in [3.8, 4) is 0 Å². The van der Waals surface area contributed by atoms with E-state index in [9.17, 15) is 9.59 Å². The third kappa shape index (κ3) is 4.00. The highest BCUT2D eigenvalue weighted by Gasteiger charge is 2.23. The molecule has 1 aliphatic heterocycles. The molecule has 3 rings (SSSR count). The molecule has 5 heteroatoms. The molecule has 5 nitrogen and oxygen atoms in total. The number of amides is 3. The van der Waals surface area contributed by atoms with E-state index in [1.165, 1.54) is 12.8 Å². The Hall–Kier alpha value is -2.04. The highest BCUT2D eigenvalue weighted by Crippen LogP contribution is 2.20. The van der Waals surface area contributed by atoms with Crippen LogP contribution in [0.4, 0.5) is 10.5 Å². The van der Waals surface area contributed by atoms with Gasteiger partial charge in [0.05, 0.1) is 0 Å². The Morgan fingerprint density at radius 2 is 1.59 bits per heavy atom. The molecule has 2 N–H and O–H groups in total. The summed E-state index contributed by atoms with van der Waals surface area (Å²) in [5.74, 6) is -0.0344. The van der Waals surface area contributed by atoms with Crippen LogP contribution in [0.25, 0.3) is 0 Å². The van der Waals surface area contributed by atoms with Crippen molar-refractivity contribution in [1.29, 1.82) is 0 Å². The van der Waals surface area contributed by atoms with E-state index in [1.54, 1.807) is 24.3 Å². The maximum absolute atomic E-state index is 12.2. The minimum atomic E-state index is -0.0444. The summed E-state index contributed by atoms with van der Waals surface area (Å²) >= 11 is 0. The first-order valence-electron chi connectivity index (χ1n) is 8.19. The minimum Gasteiger partial charge on any atom is -0.349 e. The van der Waals surface area contributed by atoms with Crippen LogP contribution in [0.3, 0.4) is 0 Å². The van der Waals surface area contributed by atoms with Crippen LogP contribution >= 0.6 is 0 Å². The monoisotopic (exact) mass is 301 g/mol. The molecule has 1 aliphatic carbocycles. The summed E-state index contributed by atoms with van der Waals surface area (Å²) in [5.41, 5.74) is 1.37. The molecule has 0 atom stereocenters. The number of carbonyl (C=O) groups excluding carboxylic acids is 2. The summed E-state index contributed by atoms with van der Waals surface area (Å²) in [6.07, 6.45) is 6.72. The molecule has 2 fully saturated rings. The molecule has 0 bridgehead atoms. The van der Waals surface area contributed by atoms with E-state index in [-0.39, 0.29) is 11.9 Å². The number of hydrogen-bond acceptors (Lipinski definition) is 2. The van der Waals surface area contributed by atoms with Crippen LogP contribution in [-0.2, 0) is 0 Å². The molecule has 2 aliphatic rings. The third-order valence-electron chi connectivity index (χ3n) is 4.20. The van der Waals surface area contributed by atoms with Crippen molar-refractivity contribution in [2.24, 2.45) is 0 Å². The van der Waals surface area contributed by atoms with Crippen LogP contribution in [0, 0.1) is 0 Å². The lowest BCUT2D eigenvalue weighted by Crippen LogP contribution is -2.35. The van der Waals surface area contributed by atoms with Crippen LogP contribution in [0.1, 0.15) is 48.9 Å². The average Bonchev–Trinajstić information content (AvgIpc) is 3.34. The van der Waals surface area contributed by atoms with Gasteiger partial charge in [-0.1, -0.05) is 12.8 Å². The average molecular weight is 301 g/mol. The summed E-state index contributed by atoms with van der Waals surface area (Å²) in [6, 6.07) is 7.41. The van der Waals surface area contributed by atoms with Gasteiger partial charge in [0.2, 0.25) is 0 Å². The molecular weight excluding hydrogens is 278 g/mol. The normalized spacial score (nSPS) is 18.5. The zero-order valence-electron chi connectivity index (χ0n) is 12.8. The summed E-state index contributed by atoms with van der Waals surface area (Å²) in [6.45, 7) is 1.65. The molecule has 1 aromatic rings. The van der Waals surface area contributed by atoms with Gasteiger partial charge in [0.1, 0.15) is 0 Å². The molecule has 1 heterocycles. The van der Waals surface area contributed by atoms with E-state index in [2.05, 4.69) is 10.6 Å². The Morgan fingerprint density at radius 3 is 2.18 bits per heavy atom. The summed E-state index contributed by atoms with van der Waals surface area (Å²) in [4.78, 5) is 26.0. The molecule has 1 saturated carbocycles. The highest BCUT2D eigenvalue weighted by molar-refractivity contribution is 5.95. The van der Waals surface area contributed by atoms with E-state index in [0.29, 0.717) is 11.6 Å². The molecular formula is C17H23N3O2. The van der Waals surface area contributed by atoms with Gasteiger partial charge in [-0.3, -0.25) is 4.79 Å². The first-order valence-corrected chi connectivity index (χ1v) is 8.19. The predicted molar refractivity (Wildman–Crippen MR) is 86.0 cm³/mol. The molecule has 0 spiro atoms. The van der Waals surface area contributed by atoms with Gasteiger partial charge in [-0.25, -0.2) is 4.79 Å². The van der Waals surface area contributed by atoms with Crippen molar-refractivity contribution in [3.63, 3.8) is 0 Å². The molecule has 1 saturated heterocycles. The van der Waals surface area contributed by atoms with Crippen molar-refractivity contribution >= 4 is 17.6 Å². The predicted octanol–water partition coefficient (Wildman–Crippen LogP) is 2.99. The van der Waals surface area contributed by atoms with Crippen LogP contribution in [0.2, 0.25) is 0 Å². The minimum absolute atomic E-state index is 0.0344. The maximum atomic E-state index is 12.2. The number of urea groups is 1. The molecule has 22 heavy (non-hydrogen) atoms. The lowest BCUT2D eigenvalue weighted by Gasteiger charge is -2.20. The Labute approximate surface area is 131 Å². The van der Waals surface area contributed by atoms with Crippen molar-refractivity contribution in [3.05, 3.63) is 29.8 Å². The van der Waals surface area contributed by atoms with Crippen LogP contribution in [0.15, 0.2) is 24.3 Å². The topological polar surface area (TPSA) is 61.4 Å². The lowest BCUT2D eigenvalue weighted by molar-refractivity contribution is 0.0951. The summed E-state index contributed by atoms with van der Waals surface area (Å²) < 4.78 is 0. The second-order valence-electron chi connectivity index (χ2n) is 6.16. The zero-order valence-corrected chi connectivity index (χ0v) is 12.8. The third-order valence-corrected chi connectivity index (χ3v) is 4.20. The van der Waals surface area contributed by atoms with Crippen molar-refractivity contribution in [2.45, 2.75) is 44.6 Å². The van der Waals surface area contributed by atoms with E-state index < -0.39 is 0 Å². The molecule has 0 unspecified atom stereocenters. The number of hydrogen-bond donors (Lipinski definition) is 2. The van der Waals surface area contributed by atoms with E-state index >= 15 is 0 Å². The van der Waals surface area contributed by atoms with Gasteiger partial charge in [0.25, 0.3) is 5.91 Å². The number of rotatable bonds is 3. The Bertz CT molecular complexity index is 529. The Morgan fingerprint density at radius 1 is 0.955 bits per heavy atom. The standard InChI is InChI=1S/C17H23N3O2/c21-16(18-14-9-10-14)13-5-7-15(8-6-13)19-17(22)20-11-3-1-2-4-12-20/h5-8,14H,1-4,9-12H2,(H,18,21)(H,19,22). The van der Waals surface area contributed by atoms with Gasteiger partial charge in [-0.15, -0.1) is 0 Å². The van der Waals surface area contributed by atoms with Gasteiger partial charge in [-0.05, 0) is 49.9 Å². The second kappa shape index (κ2) is 6.81. The number of anilines is 1. The maximum Gasteiger partial charge on any atom is 0.321 e. The first kappa shape index (κ1) is 14.9. The second-order valence-corrected chi connectivity index (χ2v) is 6.16. The number of likely N-dealkylation sites (tertiary alicyclic amines) is 1. The number of nitrogens with zero attached hydrogens (tertiary/aromatic N) is 1. The quantitative estimate of drug-likeness (QED) is 0.901. The molecule has 0 aromatic heterocycles. The van der Waals surface area contributed by atoms with Gasteiger partial charge in [0, 0.05) is 30.4 Å². The number of nitrogens with one attached hydrogen (secondary N) is 2. The van der Waals surface area contributed by atoms with Gasteiger partial charge in [0.15, 0.2) is 0 Å². The SMILES string of the molecule is O=C(NC1CC1)c1ccc(NC(=O)N2CCCCCC2)cc1. The van der Waals surface area contributed by atoms with Gasteiger partial charge < -0.3 is 15.5 Å². The van der Waals surface area contributed by atoms with Gasteiger partial charge in [-0.2, -0.15) is 0 Å². The zero-order chi connectivity index (χ0) is 15.4. The largest absolute Gasteiger partial charge is 0.349 e.